The first-order valence-electron chi connectivity index (χ1n) is 9.29. The molecule has 1 N–H and O–H groups in total. The van der Waals surface area contributed by atoms with Gasteiger partial charge in [-0.1, -0.05) is 24.3 Å². The number of carbonyl (C=O) groups excluding carboxylic acids is 1. The van der Waals surface area contributed by atoms with Crippen LogP contribution >= 0.6 is 12.4 Å². The molecule has 4 rings (SSSR count). The number of hydrogen-bond acceptors (Lipinski definition) is 4. The van der Waals surface area contributed by atoms with Crippen molar-refractivity contribution in [2.24, 2.45) is 18.9 Å². The highest BCUT2D eigenvalue weighted by molar-refractivity contribution is 5.91. The third kappa shape index (κ3) is 4.03. The normalized spacial score (nSPS) is 25.2. The van der Waals surface area contributed by atoms with Crippen molar-refractivity contribution in [3.63, 3.8) is 0 Å². The monoisotopic (exact) mass is 389 g/mol. The van der Waals surface area contributed by atoms with Crippen molar-refractivity contribution in [2.45, 2.75) is 13.0 Å². The summed E-state index contributed by atoms with van der Waals surface area (Å²) in [6.07, 6.45) is 1.83. The number of rotatable bonds is 4. The van der Waals surface area contributed by atoms with E-state index in [1.807, 2.05) is 19.3 Å². The van der Waals surface area contributed by atoms with Crippen molar-refractivity contribution in [2.75, 3.05) is 38.5 Å². The van der Waals surface area contributed by atoms with Crippen LogP contribution in [0.1, 0.15) is 17.2 Å². The summed E-state index contributed by atoms with van der Waals surface area (Å²) in [5.41, 5.74) is 2.79. The maximum atomic E-state index is 12.4. The van der Waals surface area contributed by atoms with Crippen LogP contribution in [0.3, 0.4) is 0 Å². The Bertz CT molecular complexity index is 807. The summed E-state index contributed by atoms with van der Waals surface area (Å²) in [7, 11) is 4.08. The molecular weight excluding hydrogens is 362 g/mol. The Morgan fingerprint density at radius 2 is 1.96 bits per heavy atom. The summed E-state index contributed by atoms with van der Waals surface area (Å²) in [6, 6.07) is 11.0. The van der Waals surface area contributed by atoms with Crippen LogP contribution in [-0.2, 0) is 11.8 Å². The lowest BCUT2D eigenvalue weighted by molar-refractivity contribution is -0.117. The van der Waals surface area contributed by atoms with Crippen LogP contribution < -0.4 is 5.32 Å². The molecule has 2 aromatic rings. The van der Waals surface area contributed by atoms with Crippen LogP contribution in [0.2, 0.25) is 0 Å². The van der Waals surface area contributed by atoms with E-state index in [1.54, 1.807) is 4.68 Å². The predicted octanol–water partition coefficient (Wildman–Crippen LogP) is 2.32. The molecule has 3 atom stereocenters. The second-order valence-electron chi connectivity index (χ2n) is 7.78. The van der Waals surface area contributed by atoms with E-state index in [-0.39, 0.29) is 18.3 Å². The van der Waals surface area contributed by atoms with Gasteiger partial charge in [-0.2, -0.15) is 5.10 Å². The zero-order valence-electron chi connectivity index (χ0n) is 16.1. The van der Waals surface area contributed by atoms with Crippen LogP contribution in [0, 0.1) is 18.8 Å². The number of nitrogens with one attached hydrogen (secondary N) is 1. The van der Waals surface area contributed by atoms with Crippen LogP contribution in [0.15, 0.2) is 36.5 Å². The van der Waals surface area contributed by atoms with Crippen molar-refractivity contribution < 1.29 is 4.79 Å². The van der Waals surface area contributed by atoms with E-state index in [1.165, 1.54) is 11.1 Å². The van der Waals surface area contributed by atoms with Crippen molar-refractivity contribution in [1.29, 1.82) is 0 Å². The molecule has 0 bridgehead atoms. The van der Waals surface area contributed by atoms with Gasteiger partial charge in [0.05, 0.1) is 6.54 Å². The van der Waals surface area contributed by atoms with Crippen LogP contribution in [0.25, 0.3) is 0 Å². The van der Waals surface area contributed by atoms with E-state index in [9.17, 15) is 4.79 Å². The molecule has 1 aromatic heterocycles. The summed E-state index contributed by atoms with van der Waals surface area (Å²) in [5, 5.41) is 7.11. The van der Waals surface area contributed by atoms with E-state index < -0.39 is 0 Å². The number of anilines is 1. The van der Waals surface area contributed by atoms with E-state index in [4.69, 9.17) is 0 Å². The van der Waals surface area contributed by atoms with Gasteiger partial charge >= 0.3 is 0 Å². The third-order valence-electron chi connectivity index (χ3n) is 5.83. The van der Waals surface area contributed by atoms with Gasteiger partial charge in [0.2, 0.25) is 5.91 Å². The smallest absolute Gasteiger partial charge is 0.239 e. The first-order chi connectivity index (χ1) is 12.5. The Morgan fingerprint density at radius 1 is 1.19 bits per heavy atom. The first kappa shape index (κ1) is 19.9. The highest BCUT2D eigenvalue weighted by Crippen LogP contribution is 2.44. The number of nitrogens with zero attached hydrogens (tertiary/aromatic N) is 4. The molecule has 2 aliphatic rings. The van der Waals surface area contributed by atoms with Gasteiger partial charge in [-0.25, -0.2) is 0 Å². The Hall–Kier alpha value is -1.89. The standard InChI is InChI=1S/C20H27N5O.ClH/c1-14-6-4-5-7-16(14)20-17-12-25(11-15(17)10-23(20)2)13-19(26)21-18-8-9-24(3)22-18;/h4-9,15,17,20H,10-13H2,1-3H3,(H,21,22,26);1H/t15-,17+,20+;/m0./s1. The molecular formula is C20H28ClN5O. The quantitative estimate of drug-likeness (QED) is 0.871. The minimum Gasteiger partial charge on any atom is -0.308 e. The number of aromatic nitrogens is 2. The second-order valence-corrected chi connectivity index (χ2v) is 7.78. The van der Waals surface area contributed by atoms with E-state index in [2.05, 4.69) is 58.5 Å². The Kier molecular flexibility index (Phi) is 5.89. The molecule has 2 saturated heterocycles. The highest BCUT2D eigenvalue weighted by atomic mass is 35.5. The number of benzene rings is 1. The van der Waals surface area contributed by atoms with Gasteiger partial charge in [-0.05, 0) is 36.9 Å². The molecule has 0 aliphatic carbocycles. The number of amides is 1. The molecule has 1 amide bonds. The minimum atomic E-state index is 0. The molecule has 6 nitrogen and oxygen atoms in total. The molecule has 2 aliphatic heterocycles. The lowest BCUT2D eigenvalue weighted by Gasteiger charge is -2.27. The number of hydrogen-bond donors (Lipinski definition) is 1. The minimum absolute atomic E-state index is 0. The van der Waals surface area contributed by atoms with Crippen LogP contribution in [0.5, 0.6) is 0 Å². The van der Waals surface area contributed by atoms with Gasteiger partial charge in [-0.3, -0.25) is 19.3 Å². The van der Waals surface area contributed by atoms with Gasteiger partial charge in [0.25, 0.3) is 0 Å². The van der Waals surface area contributed by atoms with E-state index in [0.717, 1.165) is 19.6 Å². The third-order valence-corrected chi connectivity index (χ3v) is 5.83. The van der Waals surface area contributed by atoms with Crippen LogP contribution in [0.4, 0.5) is 5.82 Å². The largest absolute Gasteiger partial charge is 0.308 e. The molecule has 0 radical (unpaired) electrons. The summed E-state index contributed by atoms with van der Waals surface area (Å²) in [6.45, 7) is 5.70. The number of halogens is 1. The second kappa shape index (κ2) is 8.00. The van der Waals surface area contributed by atoms with E-state index >= 15 is 0 Å². The molecule has 0 saturated carbocycles. The van der Waals surface area contributed by atoms with Crippen molar-refractivity contribution >= 4 is 24.1 Å². The van der Waals surface area contributed by atoms with Crippen molar-refractivity contribution in [3.8, 4) is 0 Å². The van der Waals surface area contributed by atoms with Gasteiger partial charge < -0.3 is 5.32 Å². The molecule has 1 aromatic carbocycles. The molecule has 2 fully saturated rings. The Labute approximate surface area is 166 Å². The summed E-state index contributed by atoms with van der Waals surface area (Å²) >= 11 is 0. The number of fused-ring (bicyclic) bond motifs is 1. The molecule has 27 heavy (non-hydrogen) atoms. The molecule has 7 heteroatoms. The average molecular weight is 390 g/mol. The summed E-state index contributed by atoms with van der Waals surface area (Å²) in [5.74, 6) is 1.86. The maximum absolute atomic E-state index is 12.4. The van der Waals surface area contributed by atoms with Gasteiger partial charge in [-0.15, -0.1) is 12.4 Å². The van der Waals surface area contributed by atoms with Gasteiger partial charge in [0, 0.05) is 45.0 Å². The average Bonchev–Trinajstić information content (AvgIpc) is 3.23. The molecule has 0 spiro atoms. The van der Waals surface area contributed by atoms with E-state index in [0.29, 0.717) is 30.2 Å². The Morgan fingerprint density at radius 3 is 2.67 bits per heavy atom. The zero-order valence-corrected chi connectivity index (χ0v) is 16.9. The van der Waals surface area contributed by atoms with Crippen molar-refractivity contribution in [3.05, 3.63) is 47.7 Å². The predicted molar refractivity (Wildman–Crippen MR) is 109 cm³/mol. The number of likely N-dealkylation sites (tertiary alicyclic amines) is 2. The number of aryl methyl sites for hydroxylation is 2. The Balaban J connectivity index is 0.00000210. The van der Waals surface area contributed by atoms with Gasteiger partial charge in [0.15, 0.2) is 5.82 Å². The molecule has 0 unspecified atom stereocenters. The zero-order chi connectivity index (χ0) is 18.3. The SMILES string of the molecule is Cc1ccccc1[C@@H]1[C@@H]2CN(CC(=O)Nc3ccn(C)n3)C[C@@H]2CN1C.Cl. The fourth-order valence-electron chi connectivity index (χ4n) is 4.73. The fourth-order valence-corrected chi connectivity index (χ4v) is 4.73. The maximum Gasteiger partial charge on any atom is 0.239 e. The number of carbonyl (C=O) groups is 1. The lowest BCUT2D eigenvalue weighted by atomic mass is 9.88. The molecule has 146 valence electrons. The van der Waals surface area contributed by atoms with Gasteiger partial charge in [0.1, 0.15) is 0 Å². The van der Waals surface area contributed by atoms with Crippen molar-refractivity contribution in [1.82, 2.24) is 19.6 Å². The fraction of sp³-hybridized carbons (Fsp3) is 0.500. The first-order valence-corrected chi connectivity index (χ1v) is 9.29. The lowest BCUT2D eigenvalue weighted by Crippen LogP contribution is -2.35. The summed E-state index contributed by atoms with van der Waals surface area (Å²) < 4.78 is 1.69. The van der Waals surface area contributed by atoms with Crippen LogP contribution in [-0.4, -0.2) is 58.7 Å². The highest BCUT2D eigenvalue weighted by Gasteiger charge is 2.46. The summed E-state index contributed by atoms with van der Waals surface area (Å²) in [4.78, 5) is 17.1. The molecule has 3 heterocycles. The topological polar surface area (TPSA) is 53.4 Å².